The summed E-state index contributed by atoms with van der Waals surface area (Å²) in [6, 6.07) is 7.27. The van der Waals surface area contributed by atoms with Crippen molar-refractivity contribution in [3.8, 4) is 0 Å². The van der Waals surface area contributed by atoms with Crippen LogP contribution in [-0.2, 0) is 9.53 Å². The second-order valence-electron chi connectivity index (χ2n) is 5.47. The quantitative estimate of drug-likeness (QED) is 0.843. The number of hydrogen-bond donors (Lipinski definition) is 2. The smallest absolute Gasteiger partial charge is 0.243 e. The first kappa shape index (κ1) is 22.0. The summed E-state index contributed by atoms with van der Waals surface area (Å²) < 4.78 is 4.93. The van der Waals surface area contributed by atoms with E-state index in [1.807, 2.05) is 18.2 Å². The number of nitrogens with two attached hydrogens (primary N) is 1. The third-order valence-corrected chi connectivity index (χ3v) is 3.79. The number of para-hydroxylation sites is 2. The fourth-order valence-corrected chi connectivity index (χ4v) is 2.65. The van der Waals surface area contributed by atoms with Crippen molar-refractivity contribution < 1.29 is 9.53 Å². The number of ether oxygens (including phenoxy) is 1. The number of methoxy groups -OCH3 is 1. The number of halogens is 2. The van der Waals surface area contributed by atoms with Gasteiger partial charge in [-0.3, -0.25) is 4.79 Å². The van der Waals surface area contributed by atoms with Crippen LogP contribution in [0, 0.1) is 0 Å². The molecule has 1 aliphatic heterocycles. The van der Waals surface area contributed by atoms with Crippen LogP contribution in [0.5, 0.6) is 0 Å². The fourth-order valence-electron chi connectivity index (χ4n) is 2.65. The van der Waals surface area contributed by atoms with E-state index in [1.54, 1.807) is 0 Å². The van der Waals surface area contributed by atoms with Crippen molar-refractivity contribution in [3.63, 3.8) is 0 Å². The Morgan fingerprint density at radius 1 is 1.22 bits per heavy atom. The standard InChI is InChI=1S/C16H25N3O2.2ClH/c1-21-12-13(17)16(20)18-14-8-4-5-9-15(14)19-10-6-2-3-7-11-19;;/h4-5,8-9,13H,2-3,6-7,10-12,17H2,1H3,(H,18,20);2*1H. The summed E-state index contributed by atoms with van der Waals surface area (Å²) in [5.74, 6) is -0.209. The SMILES string of the molecule is COCC(N)C(=O)Nc1ccccc1N1CCCCCC1.Cl.Cl. The van der Waals surface area contributed by atoms with Gasteiger partial charge in [-0.15, -0.1) is 24.8 Å². The molecule has 0 saturated carbocycles. The van der Waals surface area contributed by atoms with E-state index in [-0.39, 0.29) is 37.3 Å². The third-order valence-electron chi connectivity index (χ3n) is 3.79. The molecule has 0 bridgehead atoms. The summed E-state index contributed by atoms with van der Waals surface area (Å²) in [5.41, 5.74) is 7.69. The zero-order chi connectivity index (χ0) is 15.1. The highest BCUT2D eigenvalue weighted by atomic mass is 35.5. The van der Waals surface area contributed by atoms with Crippen molar-refractivity contribution in [2.75, 3.05) is 37.0 Å². The Balaban J connectivity index is 0.00000242. The number of benzene rings is 1. The zero-order valence-electron chi connectivity index (χ0n) is 13.5. The minimum absolute atomic E-state index is 0. The minimum atomic E-state index is -0.646. The van der Waals surface area contributed by atoms with E-state index in [0.29, 0.717) is 0 Å². The van der Waals surface area contributed by atoms with Gasteiger partial charge < -0.3 is 20.7 Å². The maximum atomic E-state index is 12.1. The predicted octanol–water partition coefficient (Wildman–Crippen LogP) is 2.82. The Hall–Kier alpha value is -1.01. The highest BCUT2D eigenvalue weighted by Crippen LogP contribution is 2.27. The molecule has 7 heteroatoms. The van der Waals surface area contributed by atoms with Crippen molar-refractivity contribution in [2.24, 2.45) is 5.73 Å². The third kappa shape index (κ3) is 6.55. The van der Waals surface area contributed by atoms with Crippen LogP contribution in [0.25, 0.3) is 0 Å². The van der Waals surface area contributed by atoms with Gasteiger partial charge in [0, 0.05) is 20.2 Å². The van der Waals surface area contributed by atoms with Gasteiger partial charge in [0.2, 0.25) is 5.91 Å². The Labute approximate surface area is 150 Å². The molecule has 132 valence electrons. The lowest BCUT2D eigenvalue weighted by Crippen LogP contribution is -2.39. The van der Waals surface area contributed by atoms with E-state index in [0.717, 1.165) is 24.5 Å². The molecule has 1 atom stereocenters. The van der Waals surface area contributed by atoms with Gasteiger partial charge in [-0.1, -0.05) is 25.0 Å². The minimum Gasteiger partial charge on any atom is -0.383 e. The van der Waals surface area contributed by atoms with Crippen LogP contribution in [0.2, 0.25) is 0 Å². The molecule has 0 aromatic heterocycles. The number of carbonyl (C=O) groups excluding carboxylic acids is 1. The number of nitrogens with one attached hydrogen (secondary N) is 1. The zero-order valence-corrected chi connectivity index (χ0v) is 15.1. The van der Waals surface area contributed by atoms with Crippen LogP contribution in [0.15, 0.2) is 24.3 Å². The van der Waals surface area contributed by atoms with Crippen molar-refractivity contribution >= 4 is 42.1 Å². The second kappa shape index (κ2) is 11.5. The van der Waals surface area contributed by atoms with E-state index in [4.69, 9.17) is 10.5 Å². The van der Waals surface area contributed by atoms with Crippen LogP contribution in [0.3, 0.4) is 0 Å². The highest BCUT2D eigenvalue weighted by molar-refractivity contribution is 5.97. The van der Waals surface area contributed by atoms with Crippen LogP contribution in [-0.4, -0.2) is 38.8 Å². The normalized spacial score (nSPS) is 15.7. The molecular weight excluding hydrogens is 337 g/mol. The first-order chi connectivity index (χ1) is 10.2. The van der Waals surface area contributed by atoms with Crippen LogP contribution in [0.4, 0.5) is 11.4 Å². The van der Waals surface area contributed by atoms with Crippen LogP contribution < -0.4 is 16.0 Å². The average molecular weight is 364 g/mol. The number of amides is 1. The van der Waals surface area contributed by atoms with Gasteiger partial charge in [-0.05, 0) is 25.0 Å². The maximum Gasteiger partial charge on any atom is 0.243 e. The molecule has 3 N–H and O–H groups in total. The molecule has 1 unspecified atom stereocenters. The number of carbonyl (C=O) groups is 1. The van der Waals surface area contributed by atoms with Gasteiger partial charge in [0.25, 0.3) is 0 Å². The number of rotatable bonds is 5. The van der Waals surface area contributed by atoms with Gasteiger partial charge in [0.1, 0.15) is 6.04 Å². The summed E-state index contributed by atoms with van der Waals surface area (Å²) >= 11 is 0. The summed E-state index contributed by atoms with van der Waals surface area (Å²) in [6.07, 6.45) is 4.96. The van der Waals surface area contributed by atoms with Crippen molar-refractivity contribution in [2.45, 2.75) is 31.7 Å². The molecule has 1 heterocycles. The molecule has 1 aromatic carbocycles. The molecule has 1 saturated heterocycles. The lowest BCUT2D eigenvalue weighted by Gasteiger charge is -2.26. The fraction of sp³-hybridized carbons (Fsp3) is 0.562. The Bertz CT molecular complexity index is 466. The second-order valence-corrected chi connectivity index (χ2v) is 5.47. The van der Waals surface area contributed by atoms with Gasteiger partial charge in [-0.2, -0.15) is 0 Å². The van der Waals surface area contributed by atoms with E-state index >= 15 is 0 Å². The molecule has 23 heavy (non-hydrogen) atoms. The Morgan fingerprint density at radius 2 is 1.83 bits per heavy atom. The van der Waals surface area contributed by atoms with E-state index in [1.165, 1.54) is 32.8 Å². The molecule has 2 rings (SSSR count). The molecular formula is C16H27Cl2N3O2. The average Bonchev–Trinajstić information content (AvgIpc) is 2.77. The van der Waals surface area contributed by atoms with E-state index in [2.05, 4.69) is 16.3 Å². The Kier molecular flexibility index (Phi) is 11.0. The molecule has 1 aliphatic rings. The lowest BCUT2D eigenvalue weighted by molar-refractivity contribution is -0.118. The topological polar surface area (TPSA) is 67.6 Å². The van der Waals surface area contributed by atoms with Gasteiger partial charge >= 0.3 is 0 Å². The largest absolute Gasteiger partial charge is 0.383 e. The predicted molar refractivity (Wildman–Crippen MR) is 100 cm³/mol. The number of nitrogens with zero attached hydrogens (tertiary/aromatic N) is 1. The van der Waals surface area contributed by atoms with Crippen molar-refractivity contribution in [1.82, 2.24) is 0 Å². The number of anilines is 2. The van der Waals surface area contributed by atoms with E-state index < -0.39 is 6.04 Å². The van der Waals surface area contributed by atoms with Crippen LogP contribution >= 0.6 is 24.8 Å². The van der Waals surface area contributed by atoms with Gasteiger partial charge in [0.05, 0.1) is 18.0 Å². The maximum absolute atomic E-state index is 12.1. The first-order valence-corrected chi connectivity index (χ1v) is 7.61. The number of hydrogen-bond acceptors (Lipinski definition) is 4. The summed E-state index contributed by atoms with van der Waals surface area (Å²) in [6.45, 7) is 2.30. The molecule has 5 nitrogen and oxygen atoms in total. The monoisotopic (exact) mass is 363 g/mol. The highest BCUT2D eigenvalue weighted by Gasteiger charge is 2.17. The molecule has 0 aliphatic carbocycles. The molecule has 0 radical (unpaired) electrons. The molecule has 1 aromatic rings. The van der Waals surface area contributed by atoms with Crippen molar-refractivity contribution in [3.05, 3.63) is 24.3 Å². The molecule has 0 spiro atoms. The van der Waals surface area contributed by atoms with Gasteiger partial charge in [-0.25, -0.2) is 0 Å². The summed E-state index contributed by atoms with van der Waals surface area (Å²) in [7, 11) is 1.54. The van der Waals surface area contributed by atoms with Crippen molar-refractivity contribution in [1.29, 1.82) is 0 Å². The summed E-state index contributed by atoms with van der Waals surface area (Å²) in [4.78, 5) is 14.4. The van der Waals surface area contributed by atoms with E-state index in [9.17, 15) is 4.79 Å². The molecule has 1 amide bonds. The summed E-state index contributed by atoms with van der Waals surface area (Å²) in [5, 5.41) is 2.93. The Morgan fingerprint density at radius 3 is 2.43 bits per heavy atom. The lowest BCUT2D eigenvalue weighted by atomic mass is 10.2. The first-order valence-electron chi connectivity index (χ1n) is 7.61. The van der Waals surface area contributed by atoms with Crippen LogP contribution in [0.1, 0.15) is 25.7 Å². The molecule has 1 fully saturated rings. The van der Waals surface area contributed by atoms with Gasteiger partial charge in [0.15, 0.2) is 0 Å².